The van der Waals surface area contributed by atoms with Gasteiger partial charge in [-0.15, -0.1) is 0 Å². The van der Waals surface area contributed by atoms with Gasteiger partial charge < -0.3 is 10.0 Å². The van der Waals surface area contributed by atoms with Crippen LogP contribution in [-0.2, 0) is 14.4 Å². The lowest BCUT2D eigenvalue weighted by atomic mass is 10.0. The van der Waals surface area contributed by atoms with E-state index in [-0.39, 0.29) is 24.0 Å². The minimum absolute atomic E-state index is 0.0775. The number of fused-ring (bicyclic) bond motifs is 1. The molecule has 0 spiro atoms. The number of anilines is 1. The quantitative estimate of drug-likeness (QED) is 0.642. The average Bonchev–Trinajstić information content (AvgIpc) is 2.98. The summed E-state index contributed by atoms with van der Waals surface area (Å²) in [7, 11) is 0. The molecule has 0 radical (unpaired) electrons. The van der Waals surface area contributed by atoms with Crippen LogP contribution in [0.15, 0.2) is 18.2 Å². The maximum Gasteiger partial charge on any atom is 0.320 e. The van der Waals surface area contributed by atoms with Crippen molar-refractivity contribution in [3.63, 3.8) is 0 Å². The Morgan fingerprint density at radius 1 is 1.07 bits per heavy atom. The number of imide groups is 2. The number of amides is 4. The van der Waals surface area contributed by atoms with Crippen LogP contribution in [0.3, 0.4) is 0 Å². The third-order valence-corrected chi connectivity index (χ3v) is 6.01. The number of carboxylic acids is 1. The van der Waals surface area contributed by atoms with Crippen LogP contribution in [0.1, 0.15) is 40.5 Å². The first-order valence-corrected chi connectivity index (χ1v) is 9.85. The highest BCUT2D eigenvalue weighted by Gasteiger charge is 2.44. The number of hydrogen-bond donors (Lipinski definition) is 2. The number of nitrogens with zero attached hydrogens (tertiary/aromatic N) is 3. The number of rotatable bonds is 4. The van der Waals surface area contributed by atoms with E-state index in [1.165, 1.54) is 0 Å². The van der Waals surface area contributed by atoms with Crippen molar-refractivity contribution in [3.05, 3.63) is 29.3 Å². The minimum atomic E-state index is -0.986. The van der Waals surface area contributed by atoms with Gasteiger partial charge in [0.1, 0.15) is 12.1 Å². The van der Waals surface area contributed by atoms with E-state index >= 15 is 0 Å². The lowest BCUT2D eigenvalue weighted by Crippen LogP contribution is -2.54. The van der Waals surface area contributed by atoms with Gasteiger partial charge >= 0.3 is 5.97 Å². The highest BCUT2D eigenvalue weighted by Crippen LogP contribution is 2.31. The number of nitrogens with one attached hydrogen (secondary N) is 1. The standard InChI is InChI=1S/C20H22N4O6/c1-11(20(29)30)22-6-8-23(9-7-22)12-2-3-13-14(10-12)19(28)24(18(13)27)15-4-5-16(25)21-17(15)26/h2-3,10-11,15H,4-9H2,1H3,(H,29,30)(H,21,25,26). The van der Waals surface area contributed by atoms with E-state index in [9.17, 15) is 24.0 Å². The Bertz CT molecular complexity index is 953. The highest BCUT2D eigenvalue weighted by molar-refractivity contribution is 6.23. The van der Waals surface area contributed by atoms with Crippen LogP contribution < -0.4 is 10.2 Å². The third kappa shape index (κ3) is 3.32. The number of carboxylic acid groups (broad SMARTS) is 1. The van der Waals surface area contributed by atoms with Crippen LogP contribution >= 0.6 is 0 Å². The van der Waals surface area contributed by atoms with Crippen molar-refractivity contribution in [3.8, 4) is 0 Å². The summed E-state index contributed by atoms with van der Waals surface area (Å²) in [6, 6.07) is 3.45. The first-order chi connectivity index (χ1) is 14.3. The van der Waals surface area contributed by atoms with Gasteiger partial charge in [-0.25, -0.2) is 0 Å². The van der Waals surface area contributed by atoms with Crippen molar-refractivity contribution >= 4 is 35.3 Å². The number of piperazine rings is 1. The Morgan fingerprint density at radius 2 is 1.73 bits per heavy atom. The molecule has 0 bridgehead atoms. The highest BCUT2D eigenvalue weighted by atomic mass is 16.4. The molecule has 158 valence electrons. The molecule has 0 aromatic heterocycles. The summed E-state index contributed by atoms with van der Waals surface area (Å²) in [4.78, 5) is 65.3. The van der Waals surface area contributed by atoms with E-state index in [0.717, 1.165) is 10.6 Å². The fraction of sp³-hybridized carbons (Fsp3) is 0.450. The van der Waals surface area contributed by atoms with Gasteiger partial charge in [0.2, 0.25) is 11.8 Å². The number of carbonyl (C=O) groups is 5. The Balaban J connectivity index is 1.51. The monoisotopic (exact) mass is 414 g/mol. The Labute approximate surface area is 172 Å². The molecule has 0 aliphatic carbocycles. The van der Waals surface area contributed by atoms with E-state index in [1.54, 1.807) is 25.1 Å². The second-order valence-corrected chi connectivity index (χ2v) is 7.71. The Morgan fingerprint density at radius 3 is 2.37 bits per heavy atom. The third-order valence-electron chi connectivity index (χ3n) is 6.01. The molecular formula is C20H22N4O6. The van der Waals surface area contributed by atoms with Gasteiger partial charge in [-0.1, -0.05) is 0 Å². The number of piperidine rings is 1. The largest absolute Gasteiger partial charge is 0.480 e. The first kappa shape index (κ1) is 20.0. The zero-order valence-electron chi connectivity index (χ0n) is 16.5. The summed E-state index contributed by atoms with van der Waals surface area (Å²) in [5, 5.41) is 11.3. The number of benzene rings is 1. The van der Waals surface area contributed by atoms with Crippen molar-refractivity contribution in [2.75, 3.05) is 31.1 Å². The lowest BCUT2D eigenvalue weighted by Gasteiger charge is -2.37. The molecule has 2 N–H and O–H groups in total. The summed E-state index contributed by atoms with van der Waals surface area (Å²) in [6.07, 6.45) is 0.195. The fourth-order valence-electron chi connectivity index (χ4n) is 4.18. The Kier molecular flexibility index (Phi) is 5.02. The molecule has 4 amide bonds. The molecule has 2 unspecified atom stereocenters. The van der Waals surface area contributed by atoms with Gasteiger partial charge in [-0.2, -0.15) is 0 Å². The van der Waals surface area contributed by atoms with Gasteiger partial charge in [0.25, 0.3) is 11.8 Å². The fourth-order valence-corrected chi connectivity index (χ4v) is 4.18. The van der Waals surface area contributed by atoms with E-state index in [1.807, 2.05) is 9.80 Å². The molecule has 1 aromatic carbocycles. The van der Waals surface area contributed by atoms with Crippen molar-refractivity contribution in [1.82, 2.24) is 15.1 Å². The summed E-state index contributed by atoms with van der Waals surface area (Å²) in [6.45, 7) is 3.98. The summed E-state index contributed by atoms with van der Waals surface area (Å²) in [5.74, 6) is -2.98. The van der Waals surface area contributed by atoms with Crippen LogP contribution in [0.25, 0.3) is 0 Å². The van der Waals surface area contributed by atoms with Crippen LogP contribution in [-0.4, -0.2) is 82.8 Å². The van der Waals surface area contributed by atoms with Gasteiger partial charge in [-0.05, 0) is 31.5 Å². The molecule has 4 rings (SSSR count). The molecule has 10 heteroatoms. The molecule has 3 heterocycles. The number of carbonyl (C=O) groups excluding carboxylic acids is 4. The van der Waals surface area contributed by atoms with Crippen LogP contribution in [0.2, 0.25) is 0 Å². The smallest absolute Gasteiger partial charge is 0.320 e. The van der Waals surface area contributed by atoms with Crippen LogP contribution in [0.4, 0.5) is 5.69 Å². The summed E-state index contributed by atoms with van der Waals surface area (Å²) >= 11 is 0. The topological polar surface area (TPSA) is 127 Å². The average molecular weight is 414 g/mol. The molecule has 3 aliphatic heterocycles. The van der Waals surface area contributed by atoms with Crippen LogP contribution in [0.5, 0.6) is 0 Å². The van der Waals surface area contributed by atoms with Gasteiger partial charge in [0.15, 0.2) is 0 Å². The molecule has 10 nitrogen and oxygen atoms in total. The van der Waals surface area contributed by atoms with Crippen molar-refractivity contribution in [2.45, 2.75) is 31.8 Å². The van der Waals surface area contributed by atoms with E-state index in [2.05, 4.69) is 5.32 Å². The second-order valence-electron chi connectivity index (χ2n) is 7.71. The first-order valence-electron chi connectivity index (χ1n) is 9.85. The zero-order chi connectivity index (χ0) is 21.6. The maximum absolute atomic E-state index is 12.9. The van der Waals surface area contributed by atoms with E-state index < -0.39 is 41.7 Å². The predicted molar refractivity (Wildman–Crippen MR) is 104 cm³/mol. The van der Waals surface area contributed by atoms with Gasteiger partial charge in [0, 0.05) is 38.3 Å². The summed E-state index contributed by atoms with van der Waals surface area (Å²) in [5.41, 5.74) is 1.25. The second kappa shape index (κ2) is 7.52. The lowest BCUT2D eigenvalue weighted by molar-refractivity contribution is -0.142. The normalized spacial score (nSPS) is 23.4. The molecule has 2 fully saturated rings. The Hall–Kier alpha value is -3.27. The van der Waals surface area contributed by atoms with Crippen LogP contribution in [0, 0.1) is 0 Å². The molecule has 3 aliphatic rings. The molecular weight excluding hydrogens is 392 g/mol. The maximum atomic E-state index is 12.9. The zero-order valence-corrected chi connectivity index (χ0v) is 16.5. The van der Waals surface area contributed by atoms with Gasteiger partial charge in [-0.3, -0.25) is 39.1 Å². The van der Waals surface area contributed by atoms with Crippen molar-refractivity contribution < 1.29 is 29.1 Å². The number of hydrogen-bond acceptors (Lipinski definition) is 7. The SMILES string of the molecule is CC(C(=O)O)N1CCN(c2ccc3c(c2)C(=O)N(C2CCC(=O)NC2=O)C3=O)CC1. The molecule has 2 atom stereocenters. The van der Waals surface area contributed by atoms with E-state index in [0.29, 0.717) is 26.2 Å². The minimum Gasteiger partial charge on any atom is -0.480 e. The molecule has 2 saturated heterocycles. The van der Waals surface area contributed by atoms with Crippen molar-refractivity contribution in [1.29, 1.82) is 0 Å². The predicted octanol–water partition coefficient (Wildman–Crippen LogP) is -0.317. The van der Waals surface area contributed by atoms with Gasteiger partial charge in [0.05, 0.1) is 11.1 Å². The van der Waals surface area contributed by atoms with E-state index in [4.69, 9.17) is 5.11 Å². The molecule has 30 heavy (non-hydrogen) atoms. The molecule has 1 aromatic rings. The summed E-state index contributed by atoms with van der Waals surface area (Å²) < 4.78 is 0. The number of aliphatic carboxylic acids is 1. The van der Waals surface area contributed by atoms with Crippen molar-refractivity contribution in [2.24, 2.45) is 0 Å². The molecule has 0 saturated carbocycles.